The largest absolute Gasteiger partial charge is 0.356 e. The second kappa shape index (κ2) is 8.47. The van der Waals surface area contributed by atoms with Crippen molar-refractivity contribution in [2.75, 3.05) is 13.1 Å². The lowest BCUT2D eigenvalue weighted by molar-refractivity contribution is -0.129. The number of aromatic nitrogens is 2. The molecule has 1 fully saturated rings. The molecule has 1 aromatic heterocycles. The summed E-state index contributed by atoms with van der Waals surface area (Å²) in [5.41, 5.74) is 4.28. The van der Waals surface area contributed by atoms with Gasteiger partial charge < -0.3 is 15.2 Å². The summed E-state index contributed by atoms with van der Waals surface area (Å²) in [4.78, 5) is 34.4. The molecule has 3 aromatic rings. The molecule has 0 saturated carbocycles. The van der Waals surface area contributed by atoms with Gasteiger partial charge in [0.05, 0.1) is 17.0 Å². The second-order valence-electron chi connectivity index (χ2n) is 7.76. The van der Waals surface area contributed by atoms with Crippen LogP contribution in [0.15, 0.2) is 48.5 Å². The number of para-hydroxylation sites is 2. The lowest BCUT2D eigenvalue weighted by Gasteiger charge is -2.17. The van der Waals surface area contributed by atoms with Crippen LogP contribution in [0.3, 0.4) is 0 Å². The average molecular weight is 390 g/mol. The van der Waals surface area contributed by atoms with Crippen molar-refractivity contribution in [3.05, 3.63) is 65.5 Å². The average Bonchev–Trinajstić information content (AvgIpc) is 3.30. The molecule has 29 heavy (non-hydrogen) atoms. The minimum Gasteiger partial charge on any atom is -0.356 e. The van der Waals surface area contributed by atoms with Crippen molar-refractivity contribution in [1.29, 1.82) is 0 Å². The van der Waals surface area contributed by atoms with E-state index in [-0.39, 0.29) is 17.7 Å². The number of imidazole rings is 1. The highest BCUT2D eigenvalue weighted by molar-refractivity contribution is 5.89. The fraction of sp³-hybridized carbons (Fsp3) is 0.348. The predicted molar refractivity (Wildman–Crippen MR) is 112 cm³/mol. The van der Waals surface area contributed by atoms with Gasteiger partial charge in [0.2, 0.25) is 11.8 Å². The summed E-state index contributed by atoms with van der Waals surface area (Å²) in [5.74, 6) is 0.683. The molecule has 1 saturated heterocycles. The standard InChI is InChI=1S/C23H26N4O2/c1-16-8-10-17(11-9-16)14-27-15-18(13-22(27)28)23(29)24-12-4-7-21-25-19-5-2-3-6-20(19)26-21/h2-3,5-6,8-11,18H,4,7,12-15H2,1H3,(H,24,29)(H,25,26). The quantitative estimate of drug-likeness (QED) is 0.609. The van der Waals surface area contributed by atoms with Gasteiger partial charge in [-0.25, -0.2) is 4.98 Å². The molecule has 0 bridgehead atoms. The number of nitrogens with one attached hydrogen (secondary N) is 2. The summed E-state index contributed by atoms with van der Waals surface area (Å²) < 4.78 is 0. The maximum absolute atomic E-state index is 12.5. The van der Waals surface area contributed by atoms with E-state index < -0.39 is 0 Å². The Bertz CT molecular complexity index is 976. The first-order valence-corrected chi connectivity index (χ1v) is 10.1. The van der Waals surface area contributed by atoms with E-state index in [1.54, 1.807) is 4.90 Å². The Labute approximate surface area is 170 Å². The van der Waals surface area contributed by atoms with Crippen LogP contribution in [0.4, 0.5) is 0 Å². The van der Waals surface area contributed by atoms with Crippen molar-refractivity contribution in [2.24, 2.45) is 5.92 Å². The van der Waals surface area contributed by atoms with E-state index in [2.05, 4.69) is 15.3 Å². The lowest BCUT2D eigenvalue weighted by atomic mass is 10.1. The molecule has 0 aliphatic carbocycles. The third-order valence-electron chi connectivity index (χ3n) is 5.41. The molecule has 1 atom stereocenters. The molecule has 1 aliphatic heterocycles. The first-order chi connectivity index (χ1) is 14.1. The van der Waals surface area contributed by atoms with Crippen LogP contribution in [0.2, 0.25) is 0 Å². The Hall–Kier alpha value is -3.15. The van der Waals surface area contributed by atoms with E-state index in [1.807, 2.05) is 55.5 Å². The van der Waals surface area contributed by atoms with Crippen LogP contribution in [0.25, 0.3) is 11.0 Å². The van der Waals surface area contributed by atoms with Crippen LogP contribution in [0, 0.1) is 12.8 Å². The number of likely N-dealkylation sites (tertiary alicyclic amines) is 1. The van der Waals surface area contributed by atoms with E-state index in [0.717, 1.165) is 35.3 Å². The molecular formula is C23H26N4O2. The Kier molecular flexibility index (Phi) is 5.60. The van der Waals surface area contributed by atoms with E-state index in [9.17, 15) is 9.59 Å². The van der Waals surface area contributed by atoms with Crippen molar-refractivity contribution in [3.8, 4) is 0 Å². The molecule has 150 valence electrons. The Morgan fingerprint density at radius 1 is 1.21 bits per heavy atom. The minimum absolute atomic E-state index is 0.0330. The van der Waals surface area contributed by atoms with E-state index in [4.69, 9.17) is 0 Å². The molecule has 2 heterocycles. The van der Waals surface area contributed by atoms with E-state index in [1.165, 1.54) is 5.56 Å². The number of aromatic amines is 1. The smallest absolute Gasteiger partial charge is 0.225 e. The number of H-pyrrole nitrogens is 1. The van der Waals surface area contributed by atoms with Crippen LogP contribution in [0.5, 0.6) is 0 Å². The number of benzene rings is 2. The first-order valence-electron chi connectivity index (χ1n) is 10.1. The van der Waals surface area contributed by atoms with Crippen LogP contribution in [-0.4, -0.2) is 39.8 Å². The van der Waals surface area contributed by atoms with Gasteiger partial charge in [-0.05, 0) is 31.0 Å². The first kappa shape index (κ1) is 19.2. The number of hydrogen-bond donors (Lipinski definition) is 2. The number of aryl methyl sites for hydroxylation is 2. The van der Waals surface area contributed by atoms with Crippen LogP contribution in [0.1, 0.15) is 29.8 Å². The van der Waals surface area contributed by atoms with Gasteiger partial charge in [-0.1, -0.05) is 42.0 Å². The molecule has 6 heteroatoms. The molecule has 0 radical (unpaired) electrons. The maximum Gasteiger partial charge on any atom is 0.225 e. The summed E-state index contributed by atoms with van der Waals surface area (Å²) in [7, 11) is 0. The van der Waals surface area contributed by atoms with Crippen LogP contribution >= 0.6 is 0 Å². The van der Waals surface area contributed by atoms with Gasteiger partial charge in [0, 0.05) is 32.5 Å². The highest BCUT2D eigenvalue weighted by atomic mass is 16.2. The zero-order valence-electron chi connectivity index (χ0n) is 16.6. The van der Waals surface area contributed by atoms with Crippen LogP contribution < -0.4 is 5.32 Å². The molecule has 6 nitrogen and oxygen atoms in total. The second-order valence-corrected chi connectivity index (χ2v) is 7.76. The lowest BCUT2D eigenvalue weighted by Crippen LogP contribution is -2.33. The van der Waals surface area contributed by atoms with Crippen molar-refractivity contribution < 1.29 is 9.59 Å². The highest BCUT2D eigenvalue weighted by Crippen LogP contribution is 2.20. The number of hydrogen-bond acceptors (Lipinski definition) is 3. The molecule has 0 spiro atoms. The maximum atomic E-state index is 12.5. The van der Waals surface area contributed by atoms with E-state index in [0.29, 0.717) is 26.1 Å². The Morgan fingerprint density at radius 3 is 2.79 bits per heavy atom. The summed E-state index contributed by atoms with van der Waals surface area (Å²) in [6.45, 7) is 3.68. The van der Waals surface area contributed by atoms with Gasteiger partial charge in [0.1, 0.15) is 5.82 Å². The van der Waals surface area contributed by atoms with Crippen molar-refractivity contribution in [2.45, 2.75) is 32.7 Å². The SMILES string of the molecule is Cc1ccc(CN2CC(C(=O)NCCCc3nc4ccccc4[nH]3)CC2=O)cc1. The van der Waals surface area contributed by atoms with Crippen molar-refractivity contribution in [1.82, 2.24) is 20.2 Å². The zero-order valence-corrected chi connectivity index (χ0v) is 16.6. The molecular weight excluding hydrogens is 364 g/mol. The number of rotatable bonds is 7. The van der Waals surface area contributed by atoms with Crippen molar-refractivity contribution in [3.63, 3.8) is 0 Å². The molecule has 1 unspecified atom stereocenters. The third kappa shape index (κ3) is 4.65. The van der Waals surface area contributed by atoms with Gasteiger partial charge >= 0.3 is 0 Å². The number of carbonyl (C=O) groups excluding carboxylic acids is 2. The highest BCUT2D eigenvalue weighted by Gasteiger charge is 2.33. The molecule has 2 N–H and O–H groups in total. The molecule has 1 aliphatic rings. The topological polar surface area (TPSA) is 78.1 Å². The number of amides is 2. The van der Waals surface area contributed by atoms with Gasteiger partial charge in [-0.15, -0.1) is 0 Å². The predicted octanol–water partition coefficient (Wildman–Crippen LogP) is 2.97. The van der Waals surface area contributed by atoms with Gasteiger partial charge in [0.25, 0.3) is 0 Å². The van der Waals surface area contributed by atoms with Gasteiger partial charge in [-0.3, -0.25) is 9.59 Å². The zero-order chi connectivity index (χ0) is 20.2. The number of carbonyl (C=O) groups is 2. The Balaban J connectivity index is 1.22. The Morgan fingerprint density at radius 2 is 2.00 bits per heavy atom. The minimum atomic E-state index is -0.265. The third-order valence-corrected chi connectivity index (χ3v) is 5.41. The fourth-order valence-electron chi connectivity index (χ4n) is 3.75. The van der Waals surface area contributed by atoms with Crippen molar-refractivity contribution >= 4 is 22.8 Å². The number of nitrogens with zero attached hydrogens (tertiary/aromatic N) is 2. The van der Waals surface area contributed by atoms with Gasteiger partial charge in [0.15, 0.2) is 0 Å². The molecule has 2 amide bonds. The fourth-order valence-corrected chi connectivity index (χ4v) is 3.75. The summed E-state index contributed by atoms with van der Waals surface area (Å²) in [6, 6.07) is 16.1. The van der Waals surface area contributed by atoms with Gasteiger partial charge in [-0.2, -0.15) is 0 Å². The number of fused-ring (bicyclic) bond motifs is 1. The summed E-state index contributed by atoms with van der Waals surface area (Å²) >= 11 is 0. The summed E-state index contributed by atoms with van der Waals surface area (Å²) in [5, 5.41) is 2.98. The summed E-state index contributed by atoms with van der Waals surface area (Å²) in [6.07, 6.45) is 1.87. The molecule has 4 rings (SSSR count). The van der Waals surface area contributed by atoms with E-state index >= 15 is 0 Å². The molecule has 2 aromatic carbocycles. The normalized spacial score (nSPS) is 16.5. The monoisotopic (exact) mass is 390 g/mol. The van der Waals surface area contributed by atoms with Crippen LogP contribution in [-0.2, 0) is 22.6 Å².